The summed E-state index contributed by atoms with van der Waals surface area (Å²) in [5.41, 5.74) is 0. The van der Waals surface area contributed by atoms with Crippen LogP contribution in [0.3, 0.4) is 0 Å². The van der Waals surface area contributed by atoms with Gasteiger partial charge in [-0.3, -0.25) is 0 Å². The molecule has 20 heavy (non-hydrogen) atoms. The Labute approximate surface area is 114 Å². The van der Waals surface area contributed by atoms with Crippen molar-refractivity contribution in [3.8, 4) is 0 Å². The van der Waals surface area contributed by atoms with Gasteiger partial charge in [0.1, 0.15) is 0 Å². The first-order valence-corrected chi connectivity index (χ1v) is 5.57. The number of hydrogen-bond acceptors (Lipinski definition) is 6. The van der Waals surface area contributed by atoms with Crippen LogP contribution >= 0.6 is 0 Å². The molecule has 0 aliphatic carbocycles. The lowest BCUT2D eigenvalue weighted by Crippen LogP contribution is -2.06. The highest BCUT2D eigenvalue weighted by molar-refractivity contribution is 5.91. The minimum Gasteiger partial charge on any atom is -0.478 e. The molecule has 0 amide bonds. The van der Waals surface area contributed by atoms with Crippen molar-refractivity contribution in [3.63, 3.8) is 0 Å². The minimum absolute atomic E-state index is 0.0608. The maximum atomic E-state index is 10.9. The van der Waals surface area contributed by atoms with Crippen molar-refractivity contribution in [1.82, 2.24) is 0 Å². The Balaban J connectivity index is 3.58. The van der Waals surface area contributed by atoms with Crippen LogP contribution in [0.1, 0.15) is 12.8 Å². The van der Waals surface area contributed by atoms with Gasteiger partial charge in [0, 0.05) is 24.3 Å². The number of ether oxygens (including phenoxy) is 2. The quantitative estimate of drug-likeness (QED) is 0.348. The first-order chi connectivity index (χ1) is 9.41. The fourth-order valence-corrected chi connectivity index (χ4v) is 0.925. The van der Waals surface area contributed by atoms with E-state index in [2.05, 4.69) is 9.47 Å². The van der Waals surface area contributed by atoms with E-state index in [1.807, 2.05) is 0 Å². The summed E-state index contributed by atoms with van der Waals surface area (Å²) in [4.78, 5) is 42.0. The van der Waals surface area contributed by atoms with Crippen LogP contribution in [-0.2, 0) is 28.7 Å². The third-order valence-electron chi connectivity index (χ3n) is 1.75. The van der Waals surface area contributed by atoms with E-state index in [9.17, 15) is 19.2 Å². The summed E-state index contributed by atoms with van der Waals surface area (Å²) in [6.07, 6.45) is 3.75. The number of carboxylic acid groups (broad SMARTS) is 2. The predicted octanol–water partition coefficient (Wildman–Crippen LogP) is 0.135. The molecular weight excluding hydrogens is 272 g/mol. The van der Waals surface area contributed by atoms with Gasteiger partial charge in [-0.05, 0) is 12.8 Å². The van der Waals surface area contributed by atoms with E-state index in [1.165, 1.54) is 0 Å². The van der Waals surface area contributed by atoms with Gasteiger partial charge in [-0.15, -0.1) is 0 Å². The fourth-order valence-electron chi connectivity index (χ4n) is 0.925. The van der Waals surface area contributed by atoms with Gasteiger partial charge in [0.15, 0.2) is 0 Å². The monoisotopic (exact) mass is 286 g/mol. The van der Waals surface area contributed by atoms with Gasteiger partial charge in [0.05, 0.1) is 13.2 Å². The highest BCUT2D eigenvalue weighted by atomic mass is 16.5. The normalized spacial score (nSPS) is 10.6. The van der Waals surface area contributed by atoms with Gasteiger partial charge in [-0.25, -0.2) is 19.2 Å². The molecule has 8 heteroatoms. The van der Waals surface area contributed by atoms with Crippen LogP contribution in [0.5, 0.6) is 0 Å². The first-order valence-electron chi connectivity index (χ1n) is 5.57. The Kier molecular flexibility index (Phi) is 8.94. The zero-order chi connectivity index (χ0) is 15.4. The molecule has 0 atom stereocenters. The van der Waals surface area contributed by atoms with Crippen LogP contribution in [0, 0.1) is 0 Å². The third-order valence-corrected chi connectivity index (χ3v) is 1.75. The smallest absolute Gasteiger partial charge is 0.331 e. The van der Waals surface area contributed by atoms with Crippen LogP contribution in [0.2, 0.25) is 0 Å². The number of aliphatic carboxylic acids is 2. The highest BCUT2D eigenvalue weighted by Crippen LogP contribution is 1.94. The average molecular weight is 286 g/mol. The molecular formula is C12H14O8. The van der Waals surface area contributed by atoms with E-state index in [4.69, 9.17) is 10.2 Å². The molecule has 0 bridgehead atoms. The third kappa shape index (κ3) is 11.8. The molecule has 0 saturated heterocycles. The summed E-state index contributed by atoms with van der Waals surface area (Å²) in [6.45, 7) is 0.122. The SMILES string of the molecule is O=C(O)/C=C\C(=O)OCCCCOC(=O)/C=C\C(=O)O. The van der Waals surface area contributed by atoms with Crippen LogP contribution in [0.15, 0.2) is 24.3 Å². The summed E-state index contributed by atoms with van der Waals surface area (Å²) in [6, 6.07) is 0. The second kappa shape index (κ2) is 10.3. The van der Waals surface area contributed by atoms with Crippen LogP contribution in [0.4, 0.5) is 0 Å². The van der Waals surface area contributed by atoms with Gasteiger partial charge in [0.25, 0.3) is 0 Å². The first kappa shape index (κ1) is 17.4. The average Bonchev–Trinajstić information content (AvgIpc) is 2.37. The molecule has 0 unspecified atom stereocenters. The van der Waals surface area contributed by atoms with Gasteiger partial charge in [-0.1, -0.05) is 0 Å². The van der Waals surface area contributed by atoms with E-state index >= 15 is 0 Å². The zero-order valence-electron chi connectivity index (χ0n) is 10.5. The Morgan fingerprint density at radius 1 is 0.700 bits per heavy atom. The summed E-state index contributed by atoms with van der Waals surface area (Å²) in [7, 11) is 0. The van der Waals surface area contributed by atoms with Gasteiger partial charge in [-0.2, -0.15) is 0 Å². The summed E-state index contributed by atoms with van der Waals surface area (Å²) >= 11 is 0. The van der Waals surface area contributed by atoms with E-state index < -0.39 is 23.9 Å². The summed E-state index contributed by atoms with van der Waals surface area (Å²) in [5.74, 6) is -4.03. The van der Waals surface area contributed by atoms with Gasteiger partial charge in [0.2, 0.25) is 0 Å². The number of hydrogen-bond donors (Lipinski definition) is 2. The van der Waals surface area contributed by atoms with E-state index in [0.717, 1.165) is 12.2 Å². The molecule has 0 saturated carbocycles. The van der Waals surface area contributed by atoms with Crippen molar-refractivity contribution in [2.24, 2.45) is 0 Å². The molecule has 0 heterocycles. The molecule has 110 valence electrons. The lowest BCUT2D eigenvalue weighted by atomic mass is 10.3. The predicted molar refractivity (Wildman–Crippen MR) is 64.7 cm³/mol. The molecule has 0 fully saturated rings. The Morgan fingerprint density at radius 2 is 1.05 bits per heavy atom. The fraction of sp³-hybridized carbons (Fsp3) is 0.333. The van der Waals surface area contributed by atoms with Crippen molar-refractivity contribution in [1.29, 1.82) is 0 Å². The number of carbonyl (C=O) groups is 4. The minimum atomic E-state index is -1.25. The van der Waals surface area contributed by atoms with E-state index in [0.29, 0.717) is 25.0 Å². The number of carboxylic acids is 2. The summed E-state index contributed by atoms with van der Waals surface area (Å²) in [5, 5.41) is 16.5. The molecule has 2 N–H and O–H groups in total. The van der Waals surface area contributed by atoms with Crippen molar-refractivity contribution < 1.29 is 38.9 Å². The Hall–Kier alpha value is -2.64. The van der Waals surface area contributed by atoms with Gasteiger partial charge < -0.3 is 19.7 Å². The highest BCUT2D eigenvalue weighted by Gasteiger charge is 2.00. The van der Waals surface area contributed by atoms with E-state index in [-0.39, 0.29) is 13.2 Å². The lowest BCUT2D eigenvalue weighted by Gasteiger charge is -2.02. The molecule has 0 aromatic rings. The Morgan fingerprint density at radius 3 is 1.35 bits per heavy atom. The van der Waals surface area contributed by atoms with Crippen molar-refractivity contribution in [2.45, 2.75) is 12.8 Å². The van der Waals surface area contributed by atoms with Crippen LogP contribution in [-0.4, -0.2) is 47.3 Å². The standard InChI is InChI=1S/C12H14O8/c13-9(14)3-5-11(17)19-7-1-2-8-20-12(18)6-4-10(15)16/h3-6H,1-2,7-8H2,(H,13,14)(H,15,16)/b5-3-,6-4-. The largest absolute Gasteiger partial charge is 0.478 e. The maximum absolute atomic E-state index is 10.9. The number of carbonyl (C=O) groups excluding carboxylic acids is 2. The van der Waals surface area contributed by atoms with E-state index in [1.54, 1.807) is 0 Å². The second-order valence-electron chi connectivity index (χ2n) is 3.39. The Bertz CT molecular complexity index is 381. The van der Waals surface area contributed by atoms with Gasteiger partial charge >= 0.3 is 23.9 Å². The van der Waals surface area contributed by atoms with Crippen molar-refractivity contribution in [2.75, 3.05) is 13.2 Å². The second-order valence-corrected chi connectivity index (χ2v) is 3.39. The summed E-state index contributed by atoms with van der Waals surface area (Å²) < 4.78 is 9.31. The topological polar surface area (TPSA) is 127 Å². The van der Waals surface area contributed by atoms with Crippen LogP contribution in [0.25, 0.3) is 0 Å². The molecule has 0 aromatic carbocycles. The van der Waals surface area contributed by atoms with Crippen LogP contribution < -0.4 is 0 Å². The lowest BCUT2D eigenvalue weighted by molar-refractivity contribution is -0.140. The molecule has 0 aliphatic rings. The zero-order valence-corrected chi connectivity index (χ0v) is 10.5. The molecule has 0 rings (SSSR count). The molecule has 0 aliphatic heterocycles. The molecule has 0 radical (unpaired) electrons. The molecule has 8 nitrogen and oxygen atoms in total. The number of rotatable bonds is 9. The molecule has 0 aromatic heterocycles. The van der Waals surface area contributed by atoms with Crippen molar-refractivity contribution in [3.05, 3.63) is 24.3 Å². The number of unbranched alkanes of at least 4 members (excludes halogenated alkanes) is 1. The number of esters is 2. The maximum Gasteiger partial charge on any atom is 0.331 e. The van der Waals surface area contributed by atoms with Crippen molar-refractivity contribution >= 4 is 23.9 Å². The molecule has 0 spiro atoms.